The molecule has 0 bridgehead atoms. The first-order chi connectivity index (χ1) is 9.26. The zero-order valence-electron chi connectivity index (χ0n) is 10.7. The topological polar surface area (TPSA) is 56.3 Å². The van der Waals surface area contributed by atoms with Crippen LogP contribution in [0.4, 0.5) is 5.82 Å². The Kier molecular flexibility index (Phi) is 4.41. The van der Waals surface area contributed by atoms with Gasteiger partial charge in [0, 0.05) is 6.54 Å². The second-order valence-electron chi connectivity index (χ2n) is 3.62. The van der Waals surface area contributed by atoms with Gasteiger partial charge in [0.05, 0.1) is 12.1 Å². The molecule has 0 radical (unpaired) electrons. The number of benzene rings is 1. The molecular weight excluding hydrogens is 266 g/mol. The average molecular weight is 280 g/mol. The summed E-state index contributed by atoms with van der Waals surface area (Å²) in [5.41, 5.74) is 0. The zero-order valence-corrected chi connectivity index (χ0v) is 11.4. The Morgan fingerprint density at radius 2 is 2.05 bits per heavy atom. The van der Waals surface area contributed by atoms with Crippen molar-refractivity contribution < 1.29 is 9.47 Å². The Balaban J connectivity index is 2.35. The largest absolute Gasteiger partial charge is 0.489 e. The van der Waals surface area contributed by atoms with Crippen molar-refractivity contribution >= 4 is 17.4 Å². The molecule has 0 saturated carbocycles. The van der Waals surface area contributed by atoms with Gasteiger partial charge >= 0.3 is 0 Å². The number of halogens is 1. The molecule has 2 rings (SSSR count). The van der Waals surface area contributed by atoms with Gasteiger partial charge < -0.3 is 14.8 Å². The van der Waals surface area contributed by atoms with Crippen LogP contribution in [0.25, 0.3) is 0 Å². The van der Waals surface area contributed by atoms with Gasteiger partial charge in [-0.3, -0.25) is 0 Å². The van der Waals surface area contributed by atoms with Crippen molar-refractivity contribution in [1.82, 2.24) is 9.97 Å². The van der Waals surface area contributed by atoms with Crippen molar-refractivity contribution in [2.45, 2.75) is 6.92 Å². The van der Waals surface area contributed by atoms with Crippen LogP contribution in [0.15, 0.2) is 30.6 Å². The quantitative estimate of drug-likeness (QED) is 0.909. The van der Waals surface area contributed by atoms with E-state index in [0.29, 0.717) is 28.2 Å². The number of para-hydroxylation sites is 1. The van der Waals surface area contributed by atoms with E-state index in [1.165, 1.54) is 6.33 Å². The van der Waals surface area contributed by atoms with Crippen molar-refractivity contribution in [2.75, 3.05) is 19.0 Å². The molecule has 1 aromatic carbocycles. The van der Waals surface area contributed by atoms with Gasteiger partial charge in [0.2, 0.25) is 5.75 Å². The van der Waals surface area contributed by atoms with Crippen LogP contribution in [0.1, 0.15) is 6.92 Å². The number of nitrogens with one attached hydrogen (secondary N) is 1. The molecule has 0 spiro atoms. The lowest BCUT2D eigenvalue weighted by atomic mass is 10.3. The molecule has 6 heteroatoms. The highest BCUT2D eigenvalue weighted by Crippen LogP contribution is 2.36. The van der Waals surface area contributed by atoms with E-state index in [1.807, 2.05) is 19.1 Å². The monoisotopic (exact) mass is 279 g/mol. The molecule has 0 aliphatic carbocycles. The molecule has 0 saturated heterocycles. The predicted octanol–water partition coefficient (Wildman–Crippen LogP) is 3.36. The third-order valence-corrected chi connectivity index (χ3v) is 2.68. The highest BCUT2D eigenvalue weighted by molar-refractivity contribution is 6.32. The van der Waals surface area contributed by atoms with Gasteiger partial charge in [0.1, 0.15) is 12.1 Å². The first-order valence-electron chi connectivity index (χ1n) is 5.81. The van der Waals surface area contributed by atoms with Crippen molar-refractivity contribution in [3.8, 4) is 17.4 Å². The lowest BCUT2D eigenvalue weighted by Crippen LogP contribution is -2.04. The lowest BCUT2D eigenvalue weighted by Gasteiger charge is -2.13. The molecule has 0 fully saturated rings. The number of rotatable bonds is 5. The third kappa shape index (κ3) is 3.06. The van der Waals surface area contributed by atoms with Crippen molar-refractivity contribution in [3.05, 3.63) is 35.6 Å². The minimum atomic E-state index is 0.321. The Morgan fingerprint density at radius 1 is 1.26 bits per heavy atom. The van der Waals surface area contributed by atoms with Crippen molar-refractivity contribution in [2.24, 2.45) is 0 Å². The normalized spacial score (nSPS) is 10.1. The maximum Gasteiger partial charge on any atom is 0.268 e. The third-order valence-electron chi connectivity index (χ3n) is 2.36. The second kappa shape index (κ2) is 6.24. The smallest absolute Gasteiger partial charge is 0.268 e. The number of anilines is 1. The van der Waals surface area contributed by atoms with Crippen LogP contribution >= 0.6 is 11.6 Å². The van der Waals surface area contributed by atoms with Crippen LogP contribution in [-0.4, -0.2) is 23.6 Å². The predicted molar refractivity (Wildman–Crippen MR) is 74.3 cm³/mol. The number of hydrogen-bond donors (Lipinski definition) is 1. The van der Waals surface area contributed by atoms with Gasteiger partial charge in [-0.2, -0.15) is 4.98 Å². The van der Waals surface area contributed by atoms with Crippen LogP contribution in [0.2, 0.25) is 5.02 Å². The molecule has 0 aliphatic rings. The summed E-state index contributed by atoms with van der Waals surface area (Å²) in [4.78, 5) is 8.18. The first kappa shape index (κ1) is 13.4. The van der Waals surface area contributed by atoms with E-state index in [1.54, 1.807) is 19.2 Å². The first-order valence-corrected chi connectivity index (χ1v) is 6.19. The number of methoxy groups -OCH3 is 1. The van der Waals surface area contributed by atoms with E-state index in [-0.39, 0.29) is 0 Å². The van der Waals surface area contributed by atoms with Crippen molar-refractivity contribution in [1.29, 1.82) is 0 Å². The average Bonchev–Trinajstić information content (AvgIpc) is 2.42. The number of hydrogen-bond acceptors (Lipinski definition) is 5. The Labute approximate surface area is 116 Å². The molecular formula is C13H14ClN3O2. The van der Waals surface area contributed by atoms with E-state index in [9.17, 15) is 0 Å². The van der Waals surface area contributed by atoms with Crippen LogP contribution in [0, 0.1) is 0 Å². The summed E-state index contributed by atoms with van der Waals surface area (Å²) in [7, 11) is 1.54. The highest BCUT2D eigenvalue weighted by atomic mass is 35.5. The lowest BCUT2D eigenvalue weighted by molar-refractivity contribution is 0.369. The molecule has 1 N–H and O–H groups in total. The van der Waals surface area contributed by atoms with Crippen LogP contribution in [0.3, 0.4) is 0 Å². The van der Waals surface area contributed by atoms with Crippen molar-refractivity contribution in [3.63, 3.8) is 0 Å². The molecule has 0 aliphatic heterocycles. The van der Waals surface area contributed by atoms with E-state index >= 15 is 0 Å². The minimum Gasteiger partial charge on any atom is -0.489 e. The molecule has 1 aromatic heterocycles. The number of ether oxygens (including phenoxy) is 2. The number of nitrogens with zero attached hydrogens (tertiary/aromatic N) is 2. The zero-order chi connectivity index (χ0) is 13.7. The van der Waals surface area contributed by atoms with Crippen LogP contribution < -0.4 is 14.8 Å². The molecule has 0 amide bonds. The molecule has 1 heterocycles. The SMILES string of the molecule is CCNc1ncnc(Oc2ccccc2Cl)c1OC. The summed E-state index contributed by atoms with van der Waals surface area (Å²) in [5, 5.41) is 3.59. The van der Waals surface area contributed by atoms with Crippen LogP contribution in [-0.2, 0) is 0 Å². The summed E-state index contributed by atoms with van der Waals surface area (Å²) in [6, 6.07) is 7.17. The Hall–Kier alpha value is -2.01. The van der Waals surface area contributed by atoms with E-state index < -0.39 is 0 Å². The van der Waals surface area contributed by atoms with Gasteiger partial charge in [-0.15, -0.1) is 0 Å². The Bertz CT molecular complexity index is 563. The highest BCUT2D eigenvalue weighted by Gasteiger charge is 2.14. The summed E-state index contributed by atoms with van der Waals surface area (Å²) < 4.78 is 11.0. The standard InChI is InChI=1S/C13H14ClN3O2/c1-3-15-12-11(18-2)13(17-8-16-12)19-10-7-5-4-6-9(10)14/h4-8H,3H2,1-2H3,(H,15,16,17). The molecule has 2 aromatic rings. The minimum absolute atomic E-state index is 0.321. The molecule has 0 atom stereocenters. The molecule has 5 nitrogen and oxygen atoms in total. The molecule has 100 valence electrons. The molecule has 0 unspecified atom stereocenters. The summed E-state index contributed by atoms with van der Waals surface area (Å²) in [5.74, 6) is 1.87. The second-order valence-corrected chi connectivity index (χ2v) is 4.03. The maximum atomic E-state index is 6.05. The fourth-order valence-electron chi connectivity index (χ4n) is 1.54. The van der Waals surface area contributed by atoms with Gasteiger partial charge in [-0.05, 0) is 19.1 Å². The number of aromatic nitrogens is 2. The molecule has 19 heavy (non-hydrogen) atoms. The van der Waals surface area contributed by atoms with E-state index in [0.717, 1.165) is 6.54 Å². The van der Waals surface area contributed by atoms with Gasteiger partial charge in [-0.1, -0.05) is 23.7 Å². The van der Waals surface area contributed by atoms with Gasteiger partial charge in [0.25, 0.3) is 5.88 Å². The van der Waals surface area contributed by atoms with E-state index in [4.69, 9.17) is 21.1 Å². The van der Waals surface area contributed by atoms with Gasteiger partial charge in [0.15, 0.2) is 5.82 Å². The summed E-state index contributed by atoms with van der Waals surface area (Å²) in [6.07, 6.45) is 1.41. The fourth-order valence-corrected chi connectivity index (χ4v) is 1.71. The Morgan fingerprint density at radius 3 is 2.74 bits per heavy atom. The fraction of sp³-hybridized carbons (Fsp3) is 0.231. The van der Waals surface area contributed by atoms with E-state index in [2.05, 4.69) is 15.3 Å². The van der Waals surface area contributed by atoms with Gasteiger partial charge in [-0.25, -0.2) is 4.98 Å². The maximum absolute atomic E-state index is 6.05. The summed E-state index contributed by atoms with van der Waals surface area (Å²) in [6.45, 7) is 2.69. The van der Waals surface area contributed by atoms with Crippen LogP contribution in [0.5, 0.6) is 17.4 Å². The summed E-state index contributed by atoms with van der Waals surface area (Å²) >= 11 is 6.05.